The topological polar surface area (TPSA) is 82.9 Å². The lowest BCUT2D eigenvalue weighted by atomic mass is 10.1. The van der Waals surface area contributed by atoms with E-state index in [0.29, 0.717) is 29.7 Å². The molecule has 0 radical (unpaired) electrons. The summed E-state index contributed by atoms with van der Waals surface area (Å²) in [5.74, 6) is 0.525. The van der Waals surface area contributed by atoms with Gasteiger partial charge < -0.3 is 5.32 Å². The van der Waals surface area contributed by atoms with Crippen LogP contribution >= 0.6 is 11.8 Å². The first kappa shape index (κ1) is 17.7. The summed E-state index contributed by atoms with van der Waals surface area (Å²) >= 11 is 1.51. The Balaban J connectivity index is 1.80. The number of hydrogen-bond donors (Lipinski definition) is 1. The first-order valence-electron chi connectivity index (χ1n) is 7.49. The lowest BCUT2D eigenvalue weighted by molar-refractivity contribution is -0.116. The molecule has 0 aliphatic carbocycles. The number of Topliss-reactive ketones (excluding diaryl/α,β-unsaturated/α-hetero) is 1. The van der Waals surface area contributed by atoms with Gasteiger partial charge in [-0.1, -0.05) is 12.1 Å². The van der Waals surface area contributed by atoms with Gasteiger partial charge in [0.25, 0.3) is 0 Å². The van der Waals surface area contributed by atoms with Crippen molar-refractivity contribution in [3.05, 3.63) is 53.7 Å². The lowest BCUT2D eigenvalue weighted by Gasteiger charge is -2.08. The van der Waals surface area contributed by atoms with Crippen LogP contribution in [0.3, 0.4) is 0 Å². The van der Waals surface area contributed by atoms with Gasteiger partial charge in [0.1, 0.15) is 0 Å². The molecule has 0 saturated carbocycles. The van der Waals surface area contributed by atoms with E-state index in [-0.39, 0.29) is 11.7 Å². The molecule has 2 rings (SSSR count). The third kappa shape index (κ3) is 5.21. The number of rotatable bonds is 7. The van der Waals surface area contributed by atoms with Gasteiger partial charge in [0.15, 0.2) is 5.78 Å². The Morgan fingerprint density at radius 2 is 2.08 bits per heavy atom. The van der Waals surface area contributed by atoms with Crippen molar-refractivity contribution in [2.24, 2.45) is 0 Å². The number of amides is 1. The molecule has 5 nitrogen and oxygen atoms in total. The third-order valence-electron chi connectivity index (χ3n) is 3.24. The number of hydrogen-bond acceptors (Lipinski definition) is 5. The fourth-order valence-electron chi connectivity index (χ4n) is 2.08. The zero-order valence-corrected chi connectivity index (χ0v) is 14.1. The van der Waals surface area contributed by atoms with Crippen LogP contribution in [0.2, 0.25) is 0 Å². The first-order chi connectivity index (χ1) is 11.6. The number of nitriles is 1. The minimum absolute atomic E-state index is 0.0788. The summed E-state index contributed by atoms with van der Waals surface area (Å²) in [6, 6.07) is 12.4. The summed E-state index contributed by atoms with van der Waals surface area (Å²) in [5, 5.41) is 12.4. The second kappa shape index (κ2) is 8.85. The number of anilines is 1. The van der Waals surface area contributed by atoms with Gasteiger partial charge in [-0.05, 0) is 43.4 Å². The van der Waals surface area contributed by atoms with Crippen molar-refractivity contribution >= 4 is 29.1 Å². The van der Waals surface area contributed by atoms with Crippen molar-refractivity contribution in [2.75, 3.05) is 11.1 Å². The van der Waals surface area contributed by atoms with Crippen LogP contribution in [0.4, 0.5) is 5.69 Å². The number of ketones is 1. The maximum Gasteiger partial charge on any atom is 0.224 e. The van der Waals surface area contributed by atoms with E-state index >= 15 is 0 Å². The molecule has 24 heavy (non-hydrogen) atoms. The summed E-state index contributed by atoms with van der Waals surface area (Å²) in [4.78, 5) is 27.7. The van der Waals surface area contributed by atoms with Crippen LogP contribution in [0, 0.1) is 11.3 Å². The molecule has 0 unspecified atom stereocenters. The highest BCUT2D eigenvalue weighted by atomic mass is 32.2. The van der Waals surface area contributed by atoms with Gasteiger partial charge in [-0.2, -0.15) is 5.26 Å². The zero-order chi connectivity index (χ0) is 17.4. The van der Waals surface area contributed by atoms with Gasteiger partial charge in [-0.3, -0.25) is 9.59 Å². The molecule has 0 spiro atoms. The van der Waals surface area contributed by atoms with Crippen molar-refractivity contribution < 1.29 is 9.59 Å². The smallest absolute Gasteiger partial charge is 0.224 e. The highest BCUT2D eigenvalue weighted by Crippen LogP contribution is 2.19. The minimum atomic E-state index is -0.122. The van der Waals surface area contributed by atoms with Crippen molar-refractivity contribution in [3.63, 3.8) is 0 Å². The average molecular weight is 339 g/mol. The molecule has 1 aromatic heterocycles. The summed E-state index contributed by atoms with van der Waals surface area (Å²) in [5.41, 5.74) is 1.63. The predicted octanol–water partition coefficient (Wildman–Crippen LogP) is 3.67. The van der Waals surface area contributed by atoms with Crippen LogP contribution < -0.4 is 5.32 Å². The predicted molar refractivity (Wildman–Crippen MR) is 94.0 cm³/mol. The largest absolute Gasteiger partial charge is 0.325 e. The molecule has 1 N–H and O–H groups in total. The van der Waals surface area contributed by atoms with Crippen molar-refractivity contribution in [1.29, 1.82) is 5.26 Å². The first-order valence-corrected chi connectivity index (χ1v) is 8.47. The summed E-state index contributed by atoms with van der Waals surface area (Å²) in [7, 11) is 0. The highest BCUT2D eigenvalue weighted by Gasteiger charge is 2.09. The molecule has 0 saturated heterocycles. The summed E-state index contributed by atoms with van der Waals surface area (Å²) in [6.45, 7) is 1.48. The quantitative estimate of drug-likeness (QED) is 0.473. The van der Waals surface area contributed by atoms with Crippen LogP contribution in [-0.2, 0) is 4.79 Å². The molecule has 0 atom stereocenters. The highest BCUT2D eigenvalue weighted by molar-refractivity contribution is 7.99. The van der Waals surface area contributed by atoms with Crippen molar-refractivity contribution in [2.45, 2.75) is 24.8 Å². The molecule has 0 fully saturated rings. The Bertz CT molecular complexity index is 784. The van der Waals surface area contributed by atoms with E-state index in [1.54, 1.807) is 42.6 Å². The van der Waals surface area contributed by atoms with Crippen molar-refractivity contribution in [1.82, 2.24) is 4.98 Å². The van der Waals surface area contributed by atoms with Gasteiger partial charge in [-0.25, -0.2) is 4.98 Å². The molecule has 0 bridgehead atoms. The standard InChI is InChI=1S/C18H17N3O2S/c1-13(22)15-5-2-3-6-16(15)21-17(23)7-4-10-24-18-11-14(12-19)8-9-20-18/h2-3,5-6,8-9,11H,4,7,10H2,1H3,(H,21,23). The van der Waals surface area contributed by atoms with Crippen LogP contribution in [0.5, 0.6) is 0 Å². The lowest BCUT2D eigenvalue weighted by Crippen LogP contribution is -2.13. The molecule has 122 valence electrons. The third-order valence-corrected chi connectivity index (χ3v) is 4.25. The van der Waals surface area contributed by atoms with Gasteiger partial charge in [0.05, 0.1) is 22.3 Å². The fourth-order valence-corrected chi connectivity index (χ4v) is 2.92. The second-order valence-corrected chi connectivity index (χ2v) is 6.21. The second-order valence-electron chi connectivity index (χ2n) is 5.10. The van der Waals surface area contributed by atoms with Crippen LogP contribution in [0.25, 0.3) is 0 Å². The van der Waals surface area contributed by atoms with E-state index in [1.165, 1.54) is 18.7 Å². The molecular weight excluding hydrogens is 322 g/mol. The number of thioether (sulfide) groups is 1. The molecule has 2 aromatic rings. The van der Waals surface area contributed by atoms with Crippen molar-refractivity contribution in [3.8, 4) is 6.07 Å². The van der Waals surface area contributed by atoms with E-state index in [1.807, 2.05) is 0 Å². The Kier molecular flexibility index (Phi) is 6.52. The molecular formula is C18H17N3O2S. The van der Waals surface area contributed by atoms with Gasteiger partial charge in [0.2, 0.25) is 5.91 Å². The molecule has 1 aromatic carbocycles. The van der Waals surface area contributed by atoms with Crippen LogP contribution in [0.1, 0.15) is 35.7 Å². The number of nitrogens with zero attached hydrogens (tertiary/aromatic N) is 2. The summed E-state index contributed by atoms with van der Waals surface area (Å²) < 4.78 is 0. The molecule has 1 heterocycles. The number of pyridine rings is 1. The average Bonchev–Trinajstić information content (AvgIpc) is 2.59. The number of carbonyl (C=O) groups is 2. The van der Waals surface area contributed by atoms with Crippen LogP contribution in [0.15, 0.2) is 47.6 Å². The maximum absolute atomic E-state index is 12.0. The monoisotopic (exact) mass is 339 g/mol. The van der Waals surface area contributed by atoms with E-state index in [2.05, 4.69) is 16.4 Å². The molecule has 1 amide bonds. The molecule has 6 heteroatoms. The Hall–Kier alpha value is -2.65. The fraction of sp³-hybridized carbons (Fsp3) is 0.222. The van der Waals surface area contributed by atoms with E-state index in [4.69, 9.17) is 5.26 Å². The number of nitrogens with one attached hydrogen (secondary N) is 1. The van der Waals surface area contributed by atoms with E-state index in [9.17, 15) is 9.59 Å². The SMILES string of the molecule is CC(=O)c1ccccc1NC(=O)CCCSc1cc(C#N)ccn1. The molecule has 0 aliphatic rings. The van der Waals surface area contributed by atoms with E-state index < -0.39 is 0 Å². The normalized spacial score (nSPS) is 10.0. The number of para-hydroxylation sites is 1. The van der Waals surface area contributed by atoms with Crippen LogP contribution in [-0.4, -0.2) is 22.4 Å². The Morgan fingerprint density at radius 3 is 2.83 bits per heavy atom. The van der Waals surface area contributed by atoms with Gasteiger partial charge in [-0.15, -0.1) is 11.8 Å². The molecule has 0 aliphatic heterocycles. The summed E-state index contributed by atoms with van der Waals surface area (Å²) in [6.07, 6.45) is 2.64. The Morgan fingerprint density at radius 1 is 1.29 bits per heavy atom. The zero-order valence-electron chi connectivity index (χ0n) is 13.3. The van der Waals surface area contributed by atoms with Gasteiger partial charge >= 0.3 is 0 Å². The number of aromatic nitrogens is 1. The Labute approximate surface area is 145 Å². The minimum Gasteiger partial charge on any atom is -0.325 e. The maximum atomic E-state index is 12.0. The van der Waals surface area contributed by atoms with Gasteiger partial charge in [0, 0.05) is 18.2 Å². The number of carbonyl (C=O) groups excluding carboxylic acids is 2. The number of benzene rings is 1. The van der Waals surface area contributed by atoms with E-state index in [0.717, 1.165) is 10.8 Å².